The van der Waals surface area contributed by atoms with Crippen LogP contribution < -0.4 is 5.32 Å². The SMILES string of the molecule is C[C@@H](NC1CCCN(C(=O)OC(C)(C)C)C1)c1ccc(Cl)cc1. The zero-order chi connectivity index (χ0) is 17.0. The Morgan fingerprint density at radius 2 is 2.00 bits per heavy atom. The van der Waals surface area contributed by atoms with Gasteiger partial charge in [0.1, 0.15) is 5.60 Å². The molecule has 1 aromatic rings. The van der Waals surface area contributed by atoms with Gasteiger partial charge in [0.05, 0.1) is 0 Å². The molecule has 1 heterocycles. The Morgan fingerprint density at radius 1 is 1.35 bits per heavy atom. The molecule has 0 aliphatic carbocycles. The predicted molar refractivity (Wildman–Crippen MR) is 93.8 cm³/mol. The minimum absolute atomic E-state index is 0.218. The second-order valence-corrected chi connectivity index (χ2v) is 7.64. The number of halogens is 1. The number of ether oxygens (including phenoxy) is 1. The second kappa shape index (κ2) is 7.54. The van der Waals surface area contributed by atoms with Crippen molar-refractivity contribution >= 4 is 17.7 Å². The van der Waals surface area contributed by atoms with Gasteiger partial charge in [0.2, 0.25) is 0 Å². The smallest absolute Gasteiger partial charge is 0.410 e. The largest absolute Gasteiger partial charge is 0.444 e. The summed E-state index contributed by atoms with van der Waals surface area (Å²) in [6, 6.07) is 8.38. The highest BCUT2D eigenvalue weighted by Gasteiger charge is 2.28. The summed E-state index contributed by atoms with van der Waals surface area (Å²) in [5, 5.41) is 4.35. The van der Waals surface area contributed by atoms with E-state index in [0.29, 0.717) is 6.54 Å². The number of amides is 1. The van der Waals surface area contributed by atoms with E-state index in [-0.39, 0.29) is 18.2 Å². The molecule has 0 spiro atoms. The summed E-state index contributed by atoms with van der Waals surface area (Å²) in [6.07, 6.45) is 1.84. The van der Waals surface area contributed by atoms with Crippen molar-refractivity contribution in [1.29, 1.82) is 0 Å². The number of carbonyl (C=O) groups is 1. The van der Waals surface area contributed by atoms with Crippen LogP contribution in [-0.2, 0) is 4.74 Å². The van der Waals surface area contributed by atoms with Gasteiger partial charge in [-0.05, 0) is 58.2 Å². The van der Waals surface area contributed by atoms with Crippen molar-refractivity contribution in [2.45, 2.75) is 58.2 Å². The zero-order valence-electron chi connectivity index (χ0n) is 14.4. The third-order valence-electron chi connectivity index (χ3n) is 3.93. The third kappa shape index (κ3) is 5.70. The average Bonchev–Trinajstić information content (AvgIpc) is 2.46. The number of nitrogens with one attached hydrogen (secondary N) is 1. The zero-order valence-corrected chi connectivity index (χ0v) is 15.2. The molecular weight excluding hydrogens is 312 g/mol. The third-order valence-corrected chi connectivity index (χ3v) is 4.18. The molecule has 4 nitrogen and oxygen atoms in total. The van der Waals surface area contributed by atoms with Crippen LogP contribution in [0.1, 0.15) is 52.1 Å². The van der Waals surface area contributed by atoms with Gasteiger partial charge < -0.3 is 15.0 Å². The molecule has 2 atom stereocenters. The van der Waals surface area contributed by atoms with Crippen LogP contribution >= 0.6 is 11.6 Å². The van der Waals surface area contributed by atoms with E-state index in [1.807, 2.05) is 45.0 Å². The van der Waals surface area contributed by atoms with Crippen LogP contribution in [0.15, 0.2) is 24.3 Å². The number of benzene rings is 1. The molecule has 1 fully saturated rings. The highest BCUT2D eigenvalue weighted by Crippen LogP contribution is 2.20. The van der Waals surface area contributed by atoms with Crippen molar-refractivity contribution in [3.63, 3.8) is 0 Å². The minimum atomic E-state index is -0.450. The molecule has 5 heteroatoms. The lowest BCUT2D eigenvalue weighted by molar-refractivity contribution is 0.0184. The molecule has 1 amide bonds. The summed E-state index contributed by atoms with van der Waals surface area (Å²) >= 11 is 5.94. The van der Waals surface area contributed by atoms with Gasteiger partial charge in [-0.3, -0.25) is 0 Å². The van der Waals surface area contributed by atoms with E-state index >= 15 is 0 Å². The minimum Gasteiger partial charge on any atom is -0.444 e. The molecule has 1 aliphatic heterocycles. The monoisotopic (exact) mass is 338 g/mol. The molecule has 0 saturated carbocycles. The van der Waals surface area contributed by atoms with E-state index in [1.165, 1.54) is 5.56 Å². The van der Waals surface area contributed by atoms with Crippen LogP contribution in [0.3, 0.4) is 0 Å². The lowest BCUT2D eigenvalue weighted by atomic mass is 10.0. The van der Waals surface area contributed by atoms with Crippen molar-refractivity contribution in [3.8, 4) is 0 Å². The van der Waals surface area contributed by atoms with Crippen molar-refractivity contribution in [1.82, 2.24) is 10.2 Å². The number of piperidine rings is 1. The van der Waals surface area contributed by atoms with E-state index < -0.39 is 5.60 Å². The standard InChI is InChI=1S/C18H27ClN2O2/c1-13(14-7-9-15(19)10-8-14)20-16-6-5-11-21(12-16)17(22)23-18(2,3)4/h7-10,13,16,20H,5-6,11-12H2,1-4H3/t13-,16?/m1/s1. The molecule has 0 bridgehead atoms. The molecule has 128 valence electrons. The van der Waals surface area contributed by atoms with Crippen LogP contribution in [0.25, 0.3) is 0 Å². The molecule has 1 unspecified atom stereocenters. The molecule has 0 aromatic heterocycles. The average molecular weight is 339 g/mol. The van der Waals surface area contributed by atoms with Gasteiger partial charge in [-0.2, -0.15) is 0 Å². The van der Waals surface area contributed by atoms with E-state index in [1.54, 1.807) is 4.90 Å². The summed E-state index contributed by atoms with van der Waals surface area (Å²) in [6.45, 7) is 9.28. The van der Waals surface area contributed by atoms with Crippen molar-refractivity contribution in [2.24, 2.45) is 0 Å². The van der Waals surface area contributed by atoms with Gasteiger partial charge in [0.15, 0.2) is 0 Å². The fourth-order valence-corrected chi connectivity index (χ4v) is 2.93. The molecule has 1 saturated heterocycles. The van der Waals surface area contributed by atoms with Crippen LogP contribution in [0.5, 0.6) is 0 Å². The van der Waals surface area contributed by atoms with Gasteiger partial charge in [0.25, 0.3) is 0 Å². The number of hydrogen-bond acceptors (Lipinski definition) is 3. The molecule has 0 radical (unpaired) electrons. The normalized spacial score (nSPS) is 20.2. The molecule has 1 aliphatic rings. The van der Waals surface area contributed by atoms with E-state index in [4.69, 9.17) is 16.3 Å². The molecular formula is C18H27ClN2O2. The molecule has 1 aromatic carbocycles. The van der Waals surface area contributed by atoms with Gasteiger partial charge in [-0.15, -0.1) is 0 Å². The first-order valence-electron chi connectivity index (χ1n) is 8.24. The fraction of sp³-hybridized carbons (Fsp3) is 0.611. The summed E-state index contributed by atoms with van der Waals surface area (Å²) < 4.78 is 5.47. The van der Waals surface area contributed by atoms with Gasteiger partial charge in [-0.25, -0.2) is 4.79 Å². The fourth-order valence-electron chi connectivity index (χ4n) is 2.81. The summed E-state index contributed by atoms with van der Waals surface area (Å²) in [7, 11) is 0. The van der Waals surface area contributed by atoms with Crippen LogP contribution in [0.4, 0.5) is 4.79 Å². The van der Waals surface area contributed by atoms with Gasteiger partial charge in [0, 0.05) is 30.2 Å². The van der Waals surface area contributed by atoms with Crippen molar-refractivity contribution in [2.75, 3.05) is 13.1 Å². The Labute approximate surface area is 144 Å². The lowest BCUT2D eigenvalue weighted by Crippen LogP contribution is -2.49. The van der Waals surface area contributed by atoms with Crippen LogP contribution in [-0.4, -0.2) is 35.7 Å². The number of hydrogen-bond donors (Lipinski definition) is 1. The maximum Gasteiger partial charge on any atom is 0.410 e. The summed E-state index contributed by atoms with van der Waals surface area (Å²) in [5.74, 6) is 0. The Kier molecular flexibility index (Phi) is 5.93. The topological polar surface area (TPSA) is 41.6 Å². The maximum atomic E-state index is 12.2. The first-order chi connectivity index (χ1) is 10.7. The second-order valence-electron chi connectivity index (χ2n) is 7.21. The predicted octanol–water partition coefficient (Wildman–Crippen LogP) is 4.39. The van der Waals surface area contributed by atoms with E-state index in [2.05, 4.69) is 12.2 Å². The molecule has 1 N–H and O–H groups in total. The van der Waals surface area contributed by atoms with Crippen molar-refractivity contribution < 1.29 is 9.53 Å². The Morgan fingerprint density at radius 3 is 2.61 bits per heavy atom. The summed E-state index contributed by atoms with van der Waals surface area (Å²) in [4.78, 5) is 14.0. The van der Waals surface area contributed by atoms with Gasteiger partial charge >= 0.3 is 6.09 Å². The number of likely N-dealkylation sites (tertiary alicyclic amines) is 1. The highest BCUT2D eigenvalue weighted by atomic mass is 35.5. The van der Waals surface area contributed by atoms with Crippen LogP contribution in [0.2, 0.25) is 5.02 Å². The Bertz CT molecular complexity index is 525. The quantitative estimate of drug-likeness (QED) is 0.888. The number of nitrogens with zero attached hydrogens (tertiary/aromatic N) is 1. The first-order valence-corrected chi connectivity index (χ1v) is 8.62. The van der Waals surface area contributed by atoms with E-state index in [9.17, 15) is 4.79 Å². The Balaban J connectivity index is 1.90. The first kappa shape index (κ1) is 18.1. The number of rotatable bonds is 3. The van der Waals surface area contributed by atoms with Crippen LogP contribution in [0, 0.1) is 0 Å². The van der Waals surface area contributed by atoms with Gasteiger partial charge in [-0.1, -0.05) is 23.7 Å². The van der Waals surface area contributed by atoms with Crippen molar-refractivity contribution in [3.05, 3.63) is 34.9 Å². The Hall–Kier alpha value is -1.26. The lowest BCUT2D eigenvalue weighted by Gasteiger charge is -2.35. The highest BCUT2D eigenvalue weighted by molar-refractivity contribution is 6.30. The number of carbonyl (C=O) groups excluding carboxylic acids is 1. The summed E-state index contributed by atoms with van der Waals surface area (Å²) in [5.41, 5.74) is 0.748. The maximum absolute atomic E-state index is 12.2. The van der Waals surface area contributed by atoms with E-state index in [0.717, 1.165) is 24.4 Å². The molecule has 2 rings (SSSR count). The molecule has 23 heavy (non-hydrogen) atoms.